The van der Waals surface area contributed by atoms with Crippen molar-refractivity contribution in [3.05, 3.63) is 41.5 Å². The van der Waals surface area contributed by atoms with Gasteiger partial charge in [-0.15, -0.1) is 0 Å². The van der Waals surface area contributed by atoms with Crippen molar-refractivity contribution in [2.45, 2.75) is 81.1 Å². The van der Waals surface area contributed by atoms with Gasteiger partial charge in [-0.25, -0.2) is 0 Å². The molecule has 4 saturated heterocycles. The molecule has 42 heavy (non-hydrogen) atoms. The predicted octanol–water partition coefficient (Wildman–Crippen LogP) is -0.363. The smallest absolute Gasteiger partial charge is 0.250 e. The second-order valence-electron chi connectivity index (χ2n) is 13.0. The molecule has 1 aliphatic carbocycles. The molecule has 12 nitrogen and oxygen atoms in total. The van der Waals surface area contributed by atoms with E-state index < -0.39 is 6.10 Å². The van der Waals surface area contributed by atoms with Gasteiger partial charge in [0.2, 0.25) is 11.8 Å². The molecule has 2 bridgehead atoms. The number of nitrogens with zero attached hydrogens (tertiary/aromatic N) is 4. The molecular weight excluding hydrogens is 536 g/mol. The third-order valence-electron chi connectivity index (χ3n) is 10.6. The van der Waals surface area contributed by atoms with Crippen LogP contribution in [0.15, 0.2) is 30.4 Å². The van der Waals surface area contributed by atoms with Gasteiger partial charge in [0, 0.05) is 30.9 Å². The van der Waals surface area contributed by atoms with Crippen molar-refractivity contribution in [3.8, 4) is 0 Å². The van der Waals surface area contributed by atoms with Crippen molar-refractivity contribution in [1.29, 1.82) is 0 Å². The van der Waals surface area contributed by atoms with E-state index in [2.05, 4.69) is 56.4 Å². The van der Waals surface area contributed by atoms with Gasteiger partial charge in [0.15, 0.2) is 0 Å². The fourth-order valence-electron chi connectivity index (χ4n) is 8.14. The molecule has 8 rings (SSSR count). The SMILES string of the molecule is CN1CCc2ccc(NC3NCC4C(=O)N5C/C=C\CC(O)CN6C(=O)COC7CCC(NC76)N5C4N3)cc2C12CC2. The number of morpholine rings is 1. The summed E-state index contributed by atoms with van der Waals surface area (Å²) in [5.74, 6) is -0.297. The Bertz CT molecular complexity index is 1290. The molecule has 0 aromatic heterocycles. The normalized spacial score (nSPS) is 38.7. The van der Waals surface area contributed by atoms with Crippen molar-refractivity contribution in [1.82, 2.24) is 35.8 Å². The third kappa shape index (κ3) is 4.38. The Balaban J connectivity index is 1.05. The van der Waals surface area contributed by atoms with Crippen molar-refractivity contribution < 1.29 is 19.4 Å². The highest BCUT2D eigenvalue weighted by molar-refractivity contribution is 5.82. The summed E-state index contributed by atoms with van der Waals surface area (Å²) in [7, 11) is 2.24. The number of aliphatic hydroxyl groups is 1. The predicted molar refractivity (Wildman–Crippen MR) is 154 cm³/mol. The summed E-state index contributed by atoms with van der Waals surface area (Å²) in [6, 6.07) is 6.78. The van der Waals surface area contributed by atoms with Gasteiger partial charge in [0.1, 0.15) is 19.1 Å². The monoisotopic (exact) mass is 578 g/mol. The van der Waals surface area contributed by atoms with E-state index in [4.69, 9.17) is 4.74 Å². The van der Waals surface area contributed by atoms with Gasteiger partial charge in [-0.1, -0.05) is 18.2 Å². The first-order chi connectivity index (χ1) is 20.4. The molecule has 1 saturated carbocycles. The molecule has 226 valence electrons. The summed E-state index contributed by atoms with van der Waals surface area (Å²) in [5.41, 5.74) is 4.18. The molecule has 7 unspecified atom stereocenters. The zero-order valence-corrected chi connectivity index (χ0v) is 24.2. The minimum absolute atomic E-state index is 0.0375. The maximum atomic E-state index is 13.8. The quantitative estimate of drug-likeness (QED) is 0.297. The first-order valence-electron chi connectivity index (χ1n) is 15.6. The van der Waals surface area contributed by atoms with Crippen LogP contribution in [-0.2, 0) is 26.3 Å². The molecule has 5 fully saturated rings. The molecule has 7 atom stereocenters. The average Bonchev–Trinajstić information content (AvgIpc) is 3.74. The Morgan fingerprint density at radius 2 is 2.00 bits per heavy atom. The molecule has 1 aromatic rings. The van der Waals surface area contributed by atoms with Crippen LogP contribution in [0.25, 0.3) is 0 Å². The van der Waals surface area contributed by atoms with Gasteiger partial charge in [-0.2, -0.15) is 5.01 Å². The Hall–Kier alpha value is -2.58. The molecule has 2 amide bonds. The zero-order chi connectivity index (χ0) is 28.6. The number of benzene rings is 1. The number of likely N-dealkylation sites (N-methyl/N-ethyl adjacent to an activating group) is 1. The number of amides is 2. The lowest BCUT2D eigenvalue weighted by Gasteiger charge is -2.51. The van der Waals surface area contributed by atoms with E-state index in [-0.39, 0.29) is 67.3 Å². The van der Waals surface area contributed by atoms with Gasteiger partial charge >= 0.3 is 0 Å². The summed E-state index contributed by atoms with van der Waals surface area (Å²) in [6.45, 7) is 2.39. The third-order valence-corrected chi connectivity index (χ3v) is 10.6. The number of aliphatic hydroxyl groups excluding tert-OH is 1. The number of nitrogens with one attached hydrogen (secondary N) is 4. The van der Waals surface area contributed by atoms with E-state index in [1.165, 1.54) is 24.0 Å². The maximum absolute atomic E-state index is 13.8. The van der Waals surface area contributed by atoms with E-state index >= 15 is 0 Å². The first-order valence-corrected chi connectivity index (χ1v) is 15.6. The summed E-state index contributed by atoms with van der Waals surface area (Å²) in [4.78, 5) is 30.9. The Morgan fingerprint density at radius 1 is 1.12 bits per heavy atom. The second-order valence-corrected chi connectivity index (χ2v) is 13.0. The van der Waals surface area contributed by atoms with Crippen LogP contribution in [0.4, 0.5) is 5.69 Å². The van der Waals surface area contributed by atoms with E-state index in [1.807, 2.05) is 17.2 Å². The van der Waals surface area contributed by atoms with Crippen molar-refractivity contribution in [3.63, 3.8) is 0 Å². The largest absolute Gasteiger partial charge is 0.391 e. The number of rotatable bonds is 2. The Morgan fingerprint density at radius 3 is 2.86 bits per heavy atom. The van der Waals surface area contributed by atoms with Crippen LogP contribution < -0.4 is 21.3 Å². The molecule has 1 spiro atoms. The molecular formula is C30H42N8O4. The van der Waals surface area contributed by atoms with Crippen LogP contribution >= 0.6 is 0 Å². The highest BCUT2D eigenvalue weighted by atomic mass is 16.5. The summed E-state index contributed by atoms with van der Waals surface area (Å²) < 4.78 is 5.91. The molecule has 1 aromatic carbocycles. The average molecular weight is 579 g/mol. The molecule has 5 N–H and O–H groups in total. The standard InChI is InChI=1S/C30H42N8O4/c1-35-13-9-18-5-6-19(14-22(18)30(35)10-11-30)32-29-31-15-21-26(34-29)38-24-8-7-23-27(33-24)36(25(40)17-42-23)16-20(39)4-2-3-12-37(38)28(21)41/h2-3,5-6,14,20-21,23-24,26-27,29,31-34,39H,4,7-13,15-17H2,1H3/b3-2-. The van der Waals surface area contributed by atoms with E-state index in [0.29, 0.717) is 19.5 Å². The maximum Gasteiger partial charge on any atom is 0.250 e. The van der Waals surface area contributed by atoms with Crippen molar-refractivity contribution in [2.24, 2.45) is 5.92 Å². The Labute approximate surface area is 246 Å². The van der Waals surface area contributed by atoms with Gasteiger partial charge in [0.05, 0.1) is 37.0 Å². The van der Waals surface area contributed by atoms with E-state index in [0.717, 1.165) is 31.5 Å². The summed E-state index contributed by atoms with van der Waals surface area (Å²) in [6.07, 6.45) is 7.58. The number of hydrogen-bond acceptors (Lipinski definition) is 10. The number of carbonyl (C=O) groups is 2. The topological polar surface area (TPSA) is 125 Å². The van der Waals surface area contributed by atoms with E-state index in [9.17, 15) is 14.7 Å². The molecule has 7 aliphatic rings. The number of fused-ring (bicyclic) bond motifs is 7. The van der Waals surface area contributed by atoms with Crippen molar-refractivity contribution >= 4 is 17.5 Å². The van der Waals surface area contributed by atoms with Gasteiger partial charge in [0.25, 0.3) is 0 Å². The number of anilines is 1. The number of carbonyl (C=O) groups excluding carboxylic acids is 2. The van der Waals surface area contributed by atoms with Crippen LogP contribution in [0.1, 0.15) is 43.2 Å². The lowest BCUT2D eigenvalue weighted by atomic mass is 9.90. The molecule has 0 radical (unpaired) electrons. The van der Waals surface area contributed by atoms with Crippen molar-refractivity contribution in [2.75, 3.05) is 45.2 Å². The van der Waals surface area contributed by atoms with Gasteiger partial charge in [-0.3, -0.25) is 35.4 Å². The van der Waals surface area contributed by atoms with Crippen LogP contribution in [0, 0.1) is 5.92 Å². The number of hydrazine groups is 1. The van der Waals surface area contributed by atoms with Crippen LogP contribution in [0.2, 0.25) is 0 Å². The summed E-state index contributed by atoms with van der Waals surface area (Å²) in [5, 5.41) is 29.2. The van der Waals surface area contributed by atoms with Gasteiger partial charge in [-0.05, 0) is 68.8 Å². The zero-order valence-electron chi connectivity index (χ0n) is 24.2. The molecule has 6 aliphatic heterocycles. The fraction of sp³-hybridized carbons (Fsp3) is 0.667. The second kappa shape index (κ2) is 10.3. The Kier molecular flexibility index (Phi) is 6.60. The van der Waals surface area contributed by atoms with E-state index in [1.54, 1.807) is 4.90 Å². The van der Waals surface area contributed by atoms with Crippen LogP contribution in [-0.4, -0.2) is 114 Å². The molecule has 12 heteroatoms. The number of ether oxygens (including phenoxy) is 1. The fourth-order valence-corrected chi connectivity index (χ4v) is 8.14. The number of piperidine rings is 1. The summed E-state index contributed by atoms with van der Waals surface area (Å²) >= 11 is 0. The first kappa shape index (κ1) is 27.0. The van der Waals surface area contributed by atoms with Crippen LogP contribution in [0.3, 0.4) is 0 Å². The lowest BCUT2D eigenvalue weighted by molar-refractivity contribution is -0.178. The molecule has 6 heterocycles. The van der Waals surface area contributed by atoms with Gasteiger partial charge < -0.3 is 20.1 Å². The highest BCUT2D eigenvalue weighted by Crippen LogP contribution is 2.53. The number of hydrogen-bond donors (Lipinski definition) is 5. The highest BCUT2D eigenvalue weighted by Gasteiger charge is 2.54. The lowest BCUT2D eigenvalue weighted by Crippen LogP contribution is -2.72. The van der Waals surface area contributed by atoms with Crippen LogP contribution in [0.5, 0.6) is 0 Å². The minimum atomic E-state index is -0.671. The minimum Gasteiger partial charge on any atom is -0.391 e.